The summed E-state index contributed by atoms with van der Waals surface area (Å²) in [6.07, 6.45) is 1.16. The zero-order valence-corrected chi connectivity index (χ0v) is 10.9. The standard InChI is InChI=1S/C15H21FN2/c1-2-15-13-8-17-7-12(13)10-18(15)9-11-5-3-4-6-14(11)16/h3-6,12-13,15,17H,2,7-10H2,1H3. The molecule has 2 aliphatic heterocycles. The Morgan fingerprint density at radius 1 is 1.33 bits per heavy atom. The van der Waals surface area contributed by atoms with Crippen LogP contribution in [0.2, 0.25) is 0 Å². The van der Waals surface area contributed by atoms with E-state index in [2.05, 4.69) is 17.1 Å². The number of nitrogens with one attached hydrogen (secondary N) is 1. The van der Waals surface area contributed by atoms with Crippen molar-refractivity contribution in [1.29, 1.82) is 0 Å². The molecule has 2 saturated heterocycles. The van der Waals surface area contributed by atoms with Crippen molar-refractivity contribution >= 4 is 0 Å². The average molecular weight is 248 g/mol. The Kier molecular flexibility index (Phi) is 3.35. The molecule has 2 aliphatic rings. The molecule has 1 aromatic carbocycles. The van der Waals surface area contributed by atoms with Crippen LogP contribution in [0.25, 0.3) is 0 Å². The number of fused-ring (bicyclic) bond motifs is 1. The molecule has 2 heterocycles. The van der Waals surface area contributed by atoms with Crippen molar-refractivity contribution in [1.82, 2.24) is 10.2 Å². The lowest BCUT2D eigenvalue weighted by molar-refractivity contribution is 0.208. The lowest BCUT2D eigenvalue weighted by Crippen LogP contribution is -2.34. The summed E-state index contributed by atoms with van der Waals surface area (Å²) in [4.78, 5) is 2.48. The first kappa shape index (κ1) is 12.1. The van der Waals surface area contributed by atoms with Gasteiger partial charge in [-0.1, -0.05) is 25.1 Å². The maximum atomic E-state index is 13.7. The van der Waals surface area contributed by atoms with Crippen LogP contribution < -0.4 is 5.32 Å². The molecule has 3 heteroatoms. The van der Waals surface area contributed by atoms with Gasteiger partial charge in [0.1, 0.15) is 5.82 Å². The van der Waals surface area contributed by atoms with E-state index < -0.39 is 0 Å². The van der Waals surface area contributed by atoms with Gasteiger partial charge in [-0.3, -0.25) is 4.90 Å². The lowest BCUT2D eigenvalue weighted by atomic mass is 9.93. The van der Waals surface area contributed by atoms with E-state index in [4.69, 9.17) is 0 Å². The maximum absolute atomic E-state index is 13.7. The van der Waals surface area contributed by atoms with Crippen LogP contribution in [0.4, 0.5) is 4.39 Å². The van der Waals surface area contributed by atoms with Crippen molar-refractivity contribution < 1.29 is 4.39 Å². The first-order chi connectivity index (χ1) is 8.79. The molecule has 2 nitrogen and oxygen atoms in total. The molecule has 0 aliphatic carbocycles. The highest BCUT2D eigenvalue weighted by atomic mass is 19.1. The van der Waals surface area contributed by atoms with Gasteiger partial charge in [0.05, 0.1) is 0 Å². The fourth-order valence-electron chi connectivity index (χ4n) is 3.70. The van der Waals surface area contributed by atoms with Gasteiger partial charge in [-0.05, 0) is 37.4 Å². The second-order valence-corrected chi connectivity index (χ2v) is 5.58. The molecule has 3 unspecified atom stereocenters. The first-order valence-corrected chi connectivity index (χ1v) is 6.97. The molecule has 98 valence electrons. The third-order valence-electron chi connectivity index (χ3n) is 4.57. The Hall–Kier alpha value is -0.930. The molecule has 2 fully saturated rings. The van der Waals surface area contributed by atoms with Crippen molar-refractivity contribution in [3.05, 3.63) is 35.6 Å². The van der Waals surface area contributed by atoms with Crippen LogP contribution in [-0.4, -0.2) is 30.6 Å². The SMILES string of the molecule is CCC1C2CNCC2CN1Cc1ccccc1F. The van der Waals surface area contributed by atoms with E-state index in [1.165, 1.54) is 0 Å². The van der Waals surface area contributed by atoms with Crippen LogP contribution in [0.3, 0.4) is 0 Å². The van der Waals surface area contributed by atoms with Gasteiger partial charge >= 0.3 is 0 Å². The van der Waals surface area contributed by atoms with Gasteiger partial charge in [-0.15, -0.1) is 0 Å². The van der Waals surface area contributed by atoms with Crippen LogP contribution >= 0.6 is 0 Å². The molecule has 1 N–H and O–H groups in total. The third-order valence-corrected chi connectivity index (χ3v) is 4.57. The molecule has 0 saturated carbocycles. The second-order valence-electron chi connectivity index (χ2n) is 5.58. The first-order valence-electron chi connectivity index (χ1n) is 6.97. The highest BCUT2D eigenvalue weighted by molar-refractivity contribution is 5.18. The number of rotatable bonds is 3. The van der Waals surface area contributed by atoms with Crippen molar-refractivity contribution in [3.8, 4) is 0 Å². The minimum absolute atomic E-state index is 0.0671. The zero-order chi connectivity index (χ0) is 12.5. The summed E-state index contributed by atoms with van der Waals surface area (Å²) in [7, 11) is 0. The van der Waals surface area contributed by atoms with Crippen molar-refractivity contribution in [2.75, 3.05) is 19.6 Å². The van der Waals surface area contributed by atoms with Crippen LogP contribution in [-0.2, 0) is 6.54 Å². The summed E-state index contributed by atoms with van der Waals surface area (Å²) in [6, 6.07) is 7.78. The van der Waals surface area contributed by atoms with Crippen LogP contribution in [0.5, 0.6) is 0 Å². The Balaban J connectivity index is 1.75. The zero-order valence-electron chi connectivity index (χ0n) is 10.9. The van der Waals surface area contributed by atoms with E-state index in [0.717, 1.165) is 50.0 Å². The van der Waals surface area contributed by atoms with E-state index >= 15 is 0 Å². The van der Waals surface area contributed by atoms with E-state index in [9.17, 15) is 4.39 Å². The molecule has 0 amide bonds. The van der Waals surface area contributed by atoms with E-state index in [1.54, 1.807) is 12.1 Å². The summed E-state index contributed by atoms with van der Waals surface area (Å²) in [6.45, 7) is 6.40. The number of likely N-dealkylation sites (tertiary alicyclic amines) is 1. The largest absolute Gasteiger partial charge is 0.316 e. The van der Waals surface area contributed by atoms with Gasteiger partial charge in [-0.2, -0.15) is 0 Å². The van der Waals surface area contributed by atoms with Crippen LogP contribution in [0.1, 0.15) is 18.9 Å². The molecule has 0 bridgehead atoms. The minimum atomic E-state index is -0.0671. The molecular formula is C15H21FN2. The fourth-order valence-corrected chi connectivity index (χ4v) is 3.70. The molecule has 0 radical (unpaired) electrons. The summed E-state index contributed by atoms with van der Waals surface area (Å²) in [5.41, 5.74) is 0.837. The predicted molar refractivity (Wildman–Crippen MR) is 70.7 cm³/mol. The van der Waals surface area contributed by atoms with Gasteiger partial charge in [0, 0.05) is 24.7 Å². The molecule has 0 aromatic heterocycles. The van der Waals surface area contributed by atoms with Crippen molar-refractivity contribution in [2.24, 2.45) is 11.8 Å². The fraction of sp³-hybridized carbons (Fsp3) is 0.600. The molecule has 3 rings (SSSR count). The maximum Gasteiger partial charge on any atom is 0.127 e. The highest BCUT2D eigenvalue weighted by Gasteiger charge is 2.42. The minimum Gasteiger partial charge on any atom is -0.316 e. The van der Waals surface area contributed by atoms with Gasteiger partial charge in [-0.25, -0.2) is 4.39 Å². The quantitative estimate of drug-likeness (QED) is 0.882. The normalized spacial score (nSPS) is 31.8. The summed E-state index contributed by atoms with van der Waals surface area (Å²) in [5.74, 6) is 1.46. The predicted octanol–water partition coefficient (Wildman–Crippen LogP) is 2.26. The smallest absolute Gasteiger partial charge is 0.127 e. The summed E-state index contributed by atoms with van der Waals surface area (Å²) in [5, 5.41) is 3.48. The van der Waals surface area contributed by atoms with Crippen LogP contribution in [0, 0.1) is 17.7 Å². The Labute approximate surface area is 108 Å². The number of hydrogen-bond acceptors (Lipinski definition) is 2. The summed E-state index contributed by atoms with van der Waals surface area (Å²) >= 11 is 0. The molecule has 0 spiro atoms. The summed E-state index contributed by atoms with van der Waals surface area (Å²) < 4.78 is 13.7. The van der Waals surface area contributed by atoms with Crippen molar-refractivity contribution in [2.45, 2.75) is 25.9 Å². The second kappa shape index (κ2) is 4.98. The molecular weight excluding hydrogens is 227 g/mol. The third kappa shape index (κ3) is 2.06. The molecule has 18 heavy (non-hydrogen) atoms. The highest BCUT2D eigenvalue weighted by Crippen LogP contribution is 2.35. The van der Waals surface area contributed by atoms with E-state index in [-0.39, 0.29) is 5.82 Å². The molecule has 1 aromatic rings. The van der Waals surface area contributed by atoms with Gasteiger partial charge < -0.3 is 5.32 Å². The number of halogens is 1. The van der Waals surface area contributed by atoms with Gasteiger partial charge in [0.2, 0.25) is 0 Å². The topological polar surface area (TPSA) is 15.3 Å². The number of nitrogens with zero attached hydrogens (tertiary/aromatic N) is 1. The Bertz CT molecular complexity index is 421. The Morgan fingerprint density at radius 3 is 2.94 bits per heavy atom. The van der Waals surface area contributed by atoms with Crippen molar-refractivity contribution in [3.63, 3.8) is 0 Å². The Morgan fingerprint density at radius 2 is 2.17 bits per heavy atom. The van der Waals surface area contributed by atoms with E-state index in [0.29, 0.717) is 6.04 Å². The monoisotopic (exact) mass is 248 g/mol. The van der Waals surface area contributed by atoms with E-state index in [1.807, 2.05) is 12.1 Å². The van der Waals surface area contributed by atoms with Gasteiger partial charge in [0.15, 0.2) is 0 Å². The average Bonchev–Trinajstić information content (AvgIpc) is 2.92. The van der Waals surface area contributed by atoms with Crippen LogP contribution in [0.15, 0.2) is 24.3 Å². The number of benzene rings is 1. The van der Waals surface area contributed by atoms with Gasteiger partial charge in [0.25, 0.3) is 0 Å². The number of hydrogen-bond donors (Lipinski definition) is 1. The molecule has 3 atom stereocenters. The lowest BCUT2D eigenvalue weighted by Gasteiger charge is -2.26.